The Hall–Kier alpha value is -3.66. The largest absolute Gasteiger partial charge is 0.496 e. The number of benzene rings is 2. The lowest BCUT2D eigenvalue weighted by molar-refractivity contribution is -0.137. The molecule has 0 bridgehead atoms. The SMILES string of the molecule is COc1ccccc1-c1ccncc1-n1cncc1-c1cc(C(F)(F)F)cc(S(C)(=O)=O)c1. The van der Waals surface area contributed by atoms with Crippen molar-refractivity contribution in [2.24, 2.45) is 0 Å². The predicted octanol–water partition coefficient (Wildman–Crippen LogP) is 5.03. The molecule has 0 saturated carbocycles. The Bertz CT molecular complexity index is 1430. The molecule has 0 unspecified atom stereocenters. The fraction of sp³-hybridized carbons (Fsp3) is 0.130. The zero-order valence-electron chi connectivity index (χ0n) is 17.5. The molecule has 0 spiro atoms. The van der Waals surface area contributed by atoms with Gasteiger partial charge >= 0.3 is 6.18 Å². The molecular formula is C23H18F3N3O3S. The van der Waals surface area contributed by atoms with Crippen molar-refractivity contribution in [1.82, 2.24) is 14.5 Å². The van der Waals surface area contributed by atoms with E-state index in [1.165, 1.54) is 25.7 Å². The molecule has 6 nitrogen and oxygen atoms in total. The summed E-state index contributed by atoms with van der Waals surface area (Å²) in [6.07, 6.45) is 2.10. The monoisotopic (exact) mass is 473 g/mol. The molecule has 4 aromatic rings. The van der Waals surface area contributed by atoms with Crippen LogP contribution in [0.4, 0.5) is 13.2 Å². The van der Waals surface area contributed by atoms with E-state index in [9.17, 15) is 21.6 Å². The molecule has 0 aliphatic heterocycles. The summed E-state index contributed by atoms with van der Waals surface area (Å²) >= 11 is 0. The van der Waals surface area contributed by atoms with Gasteiger partial charge in [-0.15, -0.1) is 0 Å². The van der Waals surface area contributed by atoms with E-state index in [1.54, 1.807) is 29.1 Å². The van der Waals surface area contributed by atoms with E-state index in [4.69, 9.17) is 4.74 Å². The van der Waals surface area contributed by atoms with Crippen LogP contribution >= 0.6 is 0 Å². The van der Waals surface area contributed by atoms with Gasteiger partial charge in [-0.1, -0.05) is 18.2 Å². The third-order valence-corrected chi connectivity index (χ3v) is 6.14. The minimum absolute atomic E-state index is 0.0533. The van der Waals surface area contributed by atoms with Gasteiger partial charge in [0.05, 0.1) is 47.7 Å². The van der Waals surface area contributed by atoms with Crippen molar-refractivity contribution < 1.29 is 26.3 Å². The van der Waals surface area contributed by atoms with E-state index in [0.717, 1.165) is 17.9 Å². The van der Waals surface area contributed by atoms with E-state index in [2.05, 4.69) is 9.97 Å². The molecule has 0 aliphatic rings. The number of nitrogens with zero attached hydrogens (tertiary/aromatic N) is 3. The summed E-state index contributed by atoms with van der Waals surface area (Å²) in [7, 11) is -2.36. The van der Waals surface area contributed by atoms with Crippen LogP contribution in [-0.4, -0.2) is 36.3 Å². The Morgan fingerprint density at radius 1 is 0.970 bits per heavy atom. The second kappa shape index (κ2) is 8.36. The first-order valence-corrected chi connectivity index (χ1v) is 11.5. The van der Waals surface area contributed by atoms with Crippen molar-refractivity contribution in [3.63, 3.8) is 0 Å². The van der Waals surface area contributed by atoms with Crippen LogP contribution in [0.25, 0.3) is 28.1 Å². The second-order valence-electron chi connectivity index (χ2n) is 7.26. The number of halogens is 3. The van der Waals surface area contributed by atoms with E-state index >= 15 is 0 Å². The Morgan fingerprint density at radius 2 is 1.73 bits per heavy atom. The number of hydrogen-bond donors (Lipinski definition) is 0. The smallest absolute Gasteiger partial charge is 0.416 e. The molecule has 4 rings (SSSR count). The minimum Gasteiger partial charge on any atom is -0.496 e. The van der Waals surface area contributed by atoms with Gasteiger partial charge in [-0.25, -0.2) is 13.4 Å². The number of methoxy groups -OCH3 is 1. The molecule has 10 heteroatoms. The molecular weight excluding hydrogens is 455 g/mol. The maximum atomic E-state index is 13.5. The molecule has 0 fully saturated rings. The summed E-state index contributed by atoms with van der Waals surface area (Å²) in [5.41, 5.74) is 1.25. The summed E-state index contributed by atoms with van der Waals surface area (Å²) < 4.78 is 71.8. The molecule has 2 heterocycles. The molecule has 170 valence electrons. The van der Waals surface area contributed by atoms with E-state index in [-0.39, 0.29) is 11.3 Å². The van der Waals surface area contributed by atoms with Gasteiger partial charge in [-0.3, -0.25) is 9.55 Å². The number of hydrogen-bond acceptors (Lipinski definition) is 5. The molecule has 2 aromatic heterocycles. The number of para-hydroxylation sites is 1. The van der Waals surface area contributed by atoms with Crippen molar-refractivity contribution in [2.45, 2.75) is 11.1 Å². The molecule has 0 atom stereocenters. The number of sulfone groups is 1. The number of alkyl halides is 3. The van der Waals surface area contributed by atoms with Crippen molar-refractivity contribution in [2.75, 3.05) is 13.4 Å². The Labute approximate surface area is 188 Å². The first-order chi connectivity index (χ1) is 15.6. The highest BCUT2D eigenvalue weighted by molar-refractivity contribution is 7.90. The molecule has 0 N–H and O–H groups in total. The van der Waals surface area contributed by atoms with Crippen LogP contribution in [0, 0.1) is 0 Å². The van der Waals surface area contributed by atoms with Crippen LogP contribution in [0.1, 0.15) is 5.56 Å². The van der Waals surface area contributed by atoms with Crippen LogP contribution in [0.5, 0.6) is 5.75 Å². The van der Waals surface area contributed by atoms with Crippen molar-refractivity contribution in [3.8, 4) is 33.8 Å². The first-order valence-electron chi connectivity index (χ1n) is 9.62. The Balaban J connectivity index is 1.95. The standard InChI is InChI=1S/C23H18F3N3O3S/c1-32-22-6-4-3-5-19(22)18-7-8-27-13-21(18)29-14-28-12-20(29)15-9-16(23(24,25)26)11-17(10-15)33(2,30)31/h3-14H,1-2H3. The minimum atomic E-state index is -4.73. The lowest BCUT2D eigenvalue weighted by atomic mass is 10.0. The molecule has 0 radical (unpaired) electrons. The fourth-order valence-corrected chi connectivity index (χ4v) is 4.18. The number of ether oxygens (including phenoxy) is 1. The number of aromatic nitrogens is 3. The van der Waals surface area contributed by atoms with Gasteiger partial charge in [0.1, 0.15) is 5.75 Å². The van der Waals surface area contributed by atoms with Crippen LogP contribution in [0.2, 0.25) is 0 Å². The molecule has 0 saturated heterocycles. The van der Waals surface area contributed by atoms with E-state index < -0.39 is 26.5 Å². The van der Waals surface area contributed by atoms with Crippen LogP contribution in [0.15, 0.2) is 78.3 Å². The van der Waals surface area contributed by atoms with Gasteiger partial charge in [0, 0.05) is 29.1 Å². The summed E-state index contributed by atoms with van der Waals surface area (Å²) in [5, 5.41) is 0. The average molecular weight is 473 g/mol. The normalized spacial score (nSPS) is 12.0. The molecule has 33 heavy (non-hydrogen) atoms. The zero-order valence-corrected chi connectivity index (χ0v) is 18.4. The topological polar surface area (TPSA) is 74.1 Å². The maximum Gasteiger partial charge on any atom is 0.416 e. The number of imidazole rings is 1. The van der Waals surface area contributed by atoms with Gasteiger partial charge in [0.15, 0.2) is 9.84 Å². The van der Waals surface area contributed by atoms with Gasteiger partial charge in [0.2, 0.25) is 0 Å². The molecule has 2 aromatic carbocycles. The van der Waals surface area contributed by atoms with Gasteiger partial charge < -0.3 is 4.74 Å². The average Bonchev–Trinajstić information content (AvgIpc) is 3.27. The summed E-state index contributed by atoms with van der Waals surface area (Å²) in [6.45, 7) is 0. The highest BCUT2D eigenvalue weighted by Crippen LogP contribution is 2.37. The van der Waals surface area contributed by atoms with Crippen LogP contribution in [0.3, 0.4) is 0 Å². The lowest BCUT2D eigenvalue weighted by Gasteiger charge is -2.16. The van der Waals surface area contributed by atoms with Gasteiger partial charge in [-0.05, 0) is 30.3 Å². The number of pyridine rings is 1. The highest BCUT2D eigenvalue weighted by Gasteiger charge is 2.32. The summed E-state index contributed by atoms with van der Waals surface area (Å²) in [5.74, 6) is 0.602. The van der Waals surface area contributed by atoms with Crippen molar-refractivity contribution >= 4 is 9.84 Å². The van der Waals surface area contributed by atoms with Crippen LogP contribution in [-0.2, 0) is 16.0 Å². The van der Waals surface area contributed by atoms with E-state index in [0.29, 0.717) is 23.1 Å². The van der Waals surface area contributed by atoms with Crippen molar-refractivity contribution in [3.05, 3.63) is 79.0 Å². The third kappa shape index (κ3) is 4.47. The fourth-order valence-electron chi connectivity index (χ4n) is 3.50. The first kappa shape index (κ1) is 22.5. The highest BCUT2D eigenvalue weighted by atomic mass is 32.2. The quantitative estimate of drug-likeness (QED) is 0.406. The zero-order chi connectivity index (χ0) is 23.8. The van der Waals surface area contributed by atoms with Gasteiger partial charge in [0.25, 0.3) is 0 Å². The lowest BCUT2D eigenvalue weighted by Crippen LogP contribution is -2.08. The second-order valence-corrected chi connectivity index (χ2v) is 9.27. The summed E-state index contributed by atoms with van der Waals surface area (Å²) in [6, 6.07) is 11.8. The number of rotatable bonds is 5. The predicted molar refractivity (Wildman–Crippen MR) is 117 cm³/mol. The van der Waals surface area contributed by atoms with Crippen molar-refractivity contribution in [1.29, 1.82) is 0 Å². The molecule has 0 aliphatic carbocycles. The summed E-state index contributed by atoms with van der Waals surface area (Å²) in [4.78, 5) is 7.84. The van der Waals surface area contributed by atoms with Gasteiger partial charge in [-0.2, -0.15) is 13.2 Å². The Kier molecular flexibility index (Phi) is 5.71. The maximum absolute atomic E-state index is 13.5. The van der Waals surface area contributed by atoms with Crippen LogP contribution < -0.4 is 4.74 Å². The third-order valence-electron chi connectivity index (χ3n) is 5.05. The molecule has 0 amide bonds. The van der Waals surface area contributed by atoms with E-state index in [1.807, 2.05) is 18.2 Å². The Morgan fingerprint density at radius 3 is 2.42 bits per heavy atom.